The number of nitrogens with zero attached hydrogens (tertiary/aromatic N) is 1. The summed E-state index contributed by atoms with van der Waals surface area (Å²) in [7, 11) is 3.15. The van der Waals surface area contributed by atoms with E-state index in [-0.39, 0.29) is 5.15 Å². The number of ether oxygens (including phenoxy) is 2. The van der Waals surface area contributed by atoms with Gasteiger partial charge in [-0.25, -0.2) is 4.98 Å². The summed E-state index contributed by atoms with van der Waals surface area (Å²) in [5, 5.41) is 3.85. The van der Waals surface area contributed by atoms with Gasteiger partial charge in [0.2, 0.25) is 0 Å². The summed E-state index contributed by atoms with van der Waals surface area (Å²) >= 11 is 17.8. The topological polar surface area (TPSA) is 43.4 Å². The van der Waals surface area contributed by atoms with Crippen LogP contribution in [0.1, 0.15) is 0 Å². The third kappa shape index (κ3) is 3.20. The molecule has 0 aliphatic carbocycles. The highest BCUT2D eigenvalue weighted by atomic mass is 35.5. The number of halogens is 3. The number of methoxy groups -OCH3 is 2. The fourth-order valence-electron chi connectivity index (χ4n) is 1.57. The number of benzene rings is 1. The van der Waals surface area contributed by atoms with E-state index in [1.165, 1.54) is 6.07 Å². The Labute approximate surface area is 131 Å². The Morgan fingerprint density at radius 2 is 1.75 bits per heavy atom. The van der Waals surface area contributed by atoms with Gasteiger partial charge in [0, 0.05) is 6.07 Å². The second-order valence-electron chi connectivity index (χ2n) is 3.78. The van der Waals surface area contributed by atoms with E-state index in [9.17, 15) is 0 Å². The van der Waals surface area contributed by atoms with Crippen molar-refractivity contribution < 1.29 is 9.47 Å². The second-order valence-corrected chi connectivity index (χ2v) is 4.96. The predicted octanol–water partition coefficient (Wildman–Crippen LogP) is 4.80. The normalized spacial score (nSPS) is 10.2. The molecule has 1 aromatic carbocycles. The van der Waals surface area contributed by atoms with Crippen molar-refractivity contribution in [1.29, 1.82) is 0 Å². The predicted molar refractivity (Wildman–Crippen MR) is 82.1 cm³/mol. The first-order chi connectivity index (χ1) is 9.55. The van der Waals surface area contributed by atoms with Crippen molar-refractivity contribution >= 4 is 46.3 Å². The molecule has 0 fully saturated rings. The lowest BCUT2D eigenvalue weighted by atomic mass is 10.2. The molecule has 2 aromatic rings. The van der Waals surface area contributed by atoms with Crippen LogP contribution >= 0.6 is 34.8 Å². The average molecular weight is 334 g/mol. The molecule has 0 saturated heterocycles. The monoisotopic (exact) mass is 332 g/mol. The van der Waals surface area contributed by atoms with Crippen molar-refractivity contribution in [2.75, 3.05) is 19.5 Å². The van der Waals surface area contributed by atoms with Crippen molar-refractivity contribution in [3.63, 3.8) is 0 Å². The van der Waals surface area contributed by atoms with Crippen molar-refractivity contribution in [1.82, 2.24) is 4.98 Å². The molecule has 1 heterocycles. The average Bonchev–Trinajstić information content (AvgIpc) is 2.44. The standard InChI is InChI=1S/C13H11Cl3N2O2/c1-19-7-3-4-11(20-2)10(5-7)17-13-9(15)6-8(14)12(16)18-13/h3-6H,1-2H3,(H,17,18). The highest BCUT2D eigenvalue weighted by Gasteiger charge is 2.11. The van der Waals surface area contributed by atoms with Gasteiger partial charge in [-0.3, -0.25) is 0 Å². The Bertz CT molecular complexity index is 635. The van der Waals surface area contributed by atoms with Gasteiger partial charge in [-0.2, -0.15) is 0 Å². The first-order valence-electron chi connectivity index (χ1n) is 5.55. The molecule has 7 heteroatoms. The van der Waals surface area contributed by atoms with Gasteiger partial charge in [-0.1, -0.05) is 34.8 Å². The number of hydrogen-bond donors (Lipinski definition) is 1. The lowest BCUT2D eigenvalue weighted by molar-refractivity contribution is 0.405. The molecule has 1 N–H and O–H groups in total. The third-order valence-electron chi connectivity index (χ3n) is 2.55. The van der Waals surface area contributed by atoms with E-state index < -0.39 is 0 Å². The lowest BCUT2D eigenvalue weighted by Gasteiger charge is -2.13. The largest absolute Gasteiger partial charge is 0.497 e. The van der Waals surface area contributed by atoms with Gasteiger partial charge in [-0.15, -0.1) is 0 Å². The van der Waals surface area contributed by atoms with Crippen LogP contribution < -0.4 is 14.8 Å². The zero-order valence-corrected chi connectivity index (χ0v) is 13.0. The van der Waals surface area contributed by atoms with Crippen LogP contribution in [0.15, 0.2) is 24.3 Å². The van der Waals surface area contributed by atoms with Gasteiger partial charge >= 0.3 is 0 Å². The fraction of sp³-hybridized carbons (Fsp3) is 0.154. The first-order valence-corrected chi connectivity index (χ1v) is 6.69. The Morgan fingerprint density at radius 1 is 1.00 bits per heavy atom. The number of rotatable bonds is 4. The van der Waals surface area contributed by atoms with E-state index >= 15 is 0 Å². The molecule has 2 rings (SSSR count). The lowest BCUT2D eigenvalue weighted by Crippen LogP contribution is -1.98. The number of pyridine rings is 1. The summed E-state index contributed by atoms with van der Waals surface area (Å²) in [6.45, 7) is 0. The Kier molecular flexibility index (Phi) is 4.81. The minimum absolute atomic E-state index is 0.167. The molecular formula is C13H11Cl3N2O2. The first kappa shape index (κ1) is 15.0. The molecule has 106 valence electrons. The SMILES string of the molecule is COc1ccc(OC)c(Nc2nc(Cl)c(Cl)cc2Cl)c1. The maximum absolute atomic E-state index is 6.08. The zero-order chi connectivity index (χ0) is 14.7. The van der Waals surface area contributed by atoms with Gasteiger partial charge in [0.15, 0.2) is 5.82 Å². The molecule has 1 aromatic heterocycles. The van der Waals surface area contributed by atoms with Crippen LogP contribution in [0.3, 0.4) is 0 Å². The van der Waals surface area contributed by atoms with Crippen LogP contribution in [0, 0.1) is 0 Å². The van der Waals surface area contributed by atoms with Gasteiger partial charge < -0.3 is 14.8 Å². The van der Waals surface area contributed by atoms with Crippen LogP contribution in [0.2, 0.25) is 15.2 Å². The highest BCUT2D eigenvalue weighted by molar-refractivity contribution is 6.43. The van der Waals surface area contributed by atoms with E-state index in [0.29, 0.717) is 33.0 Å². The molecule has 0 aliphatic heterocycles. The van der Waals surface area contributed by atoms with Crippen molar-refractivity contribution in [3.05, 3.63) is 39.5 Å². The van der Waals surface area contributed by atoms with Crippen LogP contribution in [-0.2, 0) is 0 Å². The number of nitrogens with one attached hydrogen (secondary N) is 1. The summed E-state index contributed by atoms with van der Waals surface area (Å²) in [5.41, 5.74) is 0.652. The van der Waals surface area contributed by atoms with Crippen molar-refractivity contribution in [2.45, 2.75) is 0 Å². The fourth-order valence-corrected chi connectivity index (χ4v) is 2.12. The maximum Gasteiger partial charge on any atom is 0.151 e. The Hall–Kier alpha value is -1.36. The van der Waals surface area contributed by atoms with E-state index in [1.54, 1.807) is 32.4 Å². The minimum Gasteiger partial charge on any atom is -0.497 e. The number of anilines is 2. The molecule has 0 spiro atoms. The van der Waals surface area contributed by atoms with Crippen molar-refractivity contribution in [2.24, 2.45) is 0 Å². The molecule has 4 nitrogen and oxygen atoms in total. The van der Waals surface area contributed by atoms with Gasteiger partial charge in [0.1, 0.15) is 16.7 Å². The van der Waals surface area contributed by atoms with Gasteiger partial charge in [-0.05, 0) is 18.2 Å². The van der Waals surface area contributed by atoms with Crippen molar-refractivity contribution in [3.8, 4) is 11.5 Å². The number of hydrogen-bond acceptors (Lipinski definition) is 4. The summed E-state index contributed by atoms with van der Waals surface area (Å²) in [6, 6.07) is 6.84. The maximum atomic E-state index is 6.08. The molecule has 0 bridgehead atoms. The van der Waals surface area contributed by atoms with Crippen LogP contribution in [0.25, 0.3) is 0 Å². The molecule has 0 saturated carbocycles. The smallest absolute Gasteiger partial charge is 0.151 e. The van der Waals surface area contributed by atoms with E-state index in [4.69, 9.17) is 44.3 Å². The summed E-state index contributed by atoms with van der Waals surface area (Å²) in [5.74, 6) is 1.67. The molecule has 20 heavy (non-hydrogen) atoms. The molecular weight excluding hydrogens is 323 g/mol. The van der Waals surface area contributed by atoms with Crippen LogP contribution in [0.5, 0.6) is 11.5 Å². The highest BCUT2D eigenvalue weighted by Crippen LogP contribution is 2.35. The van der Waals surface area contributed by atoms with E-state index in [2.05, 4.69) is 10.3 Å². The minimum atomic E-state index is 0.167. The van der Waals surface area contributed by atoms with Crippen LogP contribution in [-0.4, -0.2) is 19.2 Å². The zero-order valence-electron chi connectivity index (χ0n) is 10.7. The Morgan fingerprint density at radius 3 is 2.40 bits per heavy atom. The second kappa shape index (κ2) is 6.39. The van der Waals surface area contributed by atoms with Gasteiger partial charge in [0.25, 0.3) is 0 Å². The van der Waals surface area contributed by atoms with E-state index in [0.717, 1.165) is 0 Å². The Balaban J connectivity index is 2.41. The summed E-state index contributed by atoms with van der Waals surface area (Å²) < 4.78 is 10.4. The van der Waals surface area contributed by atoms with Gasteiger partial charge in [0.05, 0.1) is 30.0 Å². The molecule has 0 aliphatic rings. The molecule has 0 unspecified atom stereocenters. The molecule has 0 amide bonds. The van der Waals surface area contributed by atoms with Crippen LogP contribution in [0.4, 0.5) is 11.5 Å². The quantitative estimate of drug-likeness (QED) is 0.816. The van der Waals surface area contributed by atoms with E-state index in [1.807, 2.05) is 0 Å². The third-order valence-corrected chi connectivity index (χ3v) is 3.51. The number of aromatic nitrogens is 1. The summed E-state index contributed by atoms with van der Waals surface area (Å²) in [6.07, 6.45) is 0. The molecule has 0 radical (unpaired) electrons. The molecule has 0 atom stereocenters. The summed E-state index contributed by atoms with van der Waals surface area (Å²) in [4.78, 5) is 4.09.